The highest BCUT2D eigenvalue weighted by Gasteiger charge is 2.47. The first-order valence-electron chi connectivity index (χ1n) is 9.42. The maximum Gasteiger partial charge on any atom is 0.141 e. The molecule has 2 atom stereocenters. The molecule has 0 radical (unpaired) electrons. The van der Waals surface area contributed by atoms with Gasteiger partial charge in [0.2, 0.25) is 0 Å². The summed E-state index contributed by atoms with van der Waals surface area (Å²) >= 11 is 0. The smallest absolute Gasteiger partial charge is 0.141 e. The molecule has 2 aliphatic rings. The van der Waals surface area contributed by atoms with Crippen molar-refractivity contribution in [3.63, 3.8) is 0 Å². The summed E-state index contributed by atoms with van der Waals surface area (Å²) in [5.74, 6) is -1.48. The molecule has 1 N–H and O–H groups in total. The van der Waals surface area contributed by atoms with Crippen molar-refractivity contribution in [1.29, 1.82) is 5.26 Å². The van der Waals surface area contributed by atoms with E-state index in [9.17, 15) is 13.9 Å². The van der Waals surface area contributed by atoms with Gasteiger partial charge in [0, 0.05) is 24.2 Å². The summed E-state index contributed by atoms with van der Waals surface area (Å²) in [6, 6.07) is 14.0. The summed E-state index contributed by atoms with van der Waals surface area (Å²) in [4.78, 5) is 2.41. The van der Waals surface area contributed by atoms with Crippen molar-refractivity contribution in [2.75, 3.05) is 0 Å². The summed E-state index contributed by atoms with van der Waals surface area (Å²) < 4.78 is 28.7. The quantitative estimate of drug-likeness (QED) is 0.881. The van der Waals surface area contributed by atoms with E-state index in [1.54, 1.807) is 6.07 Å². The van der Waals surface area contributed by atoms with Gasteiger partial charge < -0.3 is 5.11 Å². The van der Waals surface area contributed by atoms with Gasteiger partial charge in [0.15, 0.2) is 0 Å². The Morgan fingerprint density at radius 2 is 1.74 bits per heavy atom. The Hall–Kier alpha value is -2.29. The van der Waals surface area contributed by atoms with Crippen molar-refractivity contribution in [2.45, 2.75) is 56.3 Å². The number of piperidine rings is 2. The predicted octanol–water partition coefficient (Wildman–Crippen LogP) is 4.24. The van der Waals surface area contributed by atoms with Crippen LogP contribution in [0, 0.1) is 23.0 Å². The second-order valence-corrected chi connectivity index (χ2v) is 7.76. The molecule has 2 aliphatic heterocycles. The number of fused-ring (bicyclic) bond motifs is 2. The lowest BCUT2D eigenvalue weighted by atomic mass is 9.72. The van der Waals surface area contributed by atoms with Crippen LogP contribution in [-0.2, 0) is 12.1 Å². The van der Waals surface area contributed by atoms with Crippen molar-refractivity contribution in [1.82, 2.24) is 4.90 Å². The highest BCUT2D eigenvalue weighted by molar-refractivity contribution is 5.37. The summed E-state index contributed by atoms with van der Waals surface area (Å²) in [6.07, 6.45) is 3.70. The molecule has 2 saturated heterocycles. The Balaban J connectivity index is 1.63. The van der Waals surface area contributed by atoms with Crippen LogP contribution in [0.4, 0.5) is 8.78 Å². The van der Waals surface area contributed by atoms with Crippen LogP contribution in [0.5, 0.6) is 0 Å². The number of nitrogens with zero attached hydrogens (tertiary/aromatic N) is 2. The zero-order valence-electron chi connectivity index (χ0n) is 15.0. The number of halogens is 2. The van der Waals surface area contributed by atoms with Crippen molar-refractivity contribution >= 4 is 0 Å². The topological polar surface area (TPSA) is 47.3 Å². The molecule has 0 amide bonds. The molecule has 0 aliphatic carbocycles. The second kappa shape index (κ2) is 7.03. The molecule has 140 valence electrons. The van der Waals surface area contributed by atoms with Gasteiger partial charge in [0.25, 0.3) is 0 Å². The number of hydrogen-bond acceptors (Lipinski definition) is 3. The van der Waals surface area contributed by atoms with Crippen molar-refractivity contribution in [3.8, 4) is 6.07 Å². The van der Waals surface area contributed by atoms with E-state index in [0.29, 0.717) is 12.8 Å². The third-order valence-corrected chi connectivity index (χ3v) is 6.05. The molecule has 2 aromatic carbocycles. The molecule has 2 bridgehead atoms. The molecule has 2 heterocycles. The number of nitriles is 1. The van der Waals surface area contributed by atoms with Gasteiger partial charge in [0.05, 0.1) is 11.2 Å². The van der Waals surface area contributed by atoms with Crippen LogP contribution in [0.3, 0.4) is 0 Å². The van der Waals surface area contributed by atoms with Gasteiger partial charge in [-0.05, 0) is 43.4 Å². The third-order valence-electron chi connectivity index (χ3n) is 6.05. The van der Waals surface area contributed by atoms with Gasteiger partial charge >= 0.3 is 0 Å². The fourth-order valence-corrected chi connectivity index (χ4v) is 4.78. The Morgan fingerprint density at radius 1 is 1.07 bits per heavy atom. The maximum atomic E-state index is 14.6. The molecule has 2 aromatic rings. The summed E-state index contributed by atoms with van der Waals surface area (Å²) in [5, 5.41) is 20.2. The van der Waals surface area contributed by atoms with E-state index in [1.165, 1.54) is 5.56 Å². The second-order valence-electron chi connectivity index (χ2n) is 7.76. The van der Waals surface area contributed by atoms with Gasteiger partial charge in [-0.25, -0.2) is 8.78 Å². The van der Waals surface area contributed by atoms with Crippen LogP contribution in [0.25, 0.3) is 0 Å². The first-order chi connectivity index (χ1) is 13.0. The van der Waals surface area contributed by atoms with E-state index in [2.05, 4.69) is 17.0 Å². The largest absolute Gasteiger partial charge is 0.385 e. The zero-order valence-corrected chi connectivity index (χ0v) is 15.0. The van der Waals surface area contributed by atoms with Crippen LogP contribution in [0.15, 0.2) is 42.5 Å². The third kappa shape index (κ3) is 3.36. The standard InChI is InChI=1S/C22H22F2N2O/c23-20-10-19(21(24)9-16(20)13-25)22(27)11-17-7-4-8-18(12-22)26(17)14-15-5-2-1-3-6-15/h1-3,5-6,9-10,17-18,27H,4,7-8,11-12,14H2. The lowest BCUT2D eigenvalue weighted by Crippen LogP contribution is -2.56. The first-order valence-corrected chi connectivity index (χ1v) is 9.42. The molecule has 2 unspecified atom stereocenters. The highest BCUT2D eigenvalue weighted by Crippen LogP contribution is 2.45. The molecule has 0 spiro atoms. The minimum absolute atomic E-state index is 0.0183. The van der Waals surface area contributed by atoms with Gasteiger partial charge in [-0.1, -0.05) is 36.8 Å². The Morgan fingerprint density at radius 3 is 2.37 bits per heavy atom. The van der Waals surface area contributed by atoms with Crippen molar-refractivity contribution in [3.05, 3.63) is 70.8 Å². The van der Waals surface area contributed by atoms with E-state index >= 15 is 0 Å². The molecular weight excluding hydrogens is 346 g/mol. The highest BCUT2D eigenvalue weighted by atomic mass is 19.1. The minimum atomic E-state index is -1.40. The fraction of sp³-hybridized carbons (Fsp3) is 0.409. The normalized spacial score (nSPS) is 27.9. The number of aliphatic hydroxyl groups is 1. The van der Waals surface area contributed by atoms with E-state index in [1.807, 2.05) is 18.2 Å². The Labute approximate surface area is 157 Å². The Bertz CT molecular complexity index is 864. The van der Waals surface area contributed by atoms with Crippen molar-refractivity contribution in [2.24, 2.45) is 0 Å². The molecule has 27 heavy (non-hydrogen) atoms. The summed E-state index contributed by atoms with van der Waals surface area (Å²) in [6.45, 7) is 0.802. The monoisotopic (exact) mass is 368 g/mol. The van der Waals surface area contributed by atoms with Crippen LogP contribution < -0.4 is 0 Å². The number of hydrogen-bond donors (Lipinski definition) is 1. The minimum Gasteiger partial charge on any atom is -0.385 e. The molecular formula is C22H22F2N2O. The predicted molar refractivity (Wildman–Crippen MR) is 97.6 cm³/mol. The molecule has 3 nitrogen and oxygen atoms in total. The maximum absolute atomic E-state index is 14.6. The van der Waals surface area contributed by atoms with Gasteiger partial charge in [-0.15, -0.1) is 0 Å². The molecule has 5 heteroatoms. The number of rotatable bonds is 3. The van der Waals surface area contributed by atoms with E-state index in [0.717, 1.165) is 37.9 Å². The Kier molecular flexibility index (Phi) is 4.71. The van der Waals surface area contributed by atoms with Gasteiger partial charge in [-0.3, -0.25) is 4.90 Å². The lowest BCUT2D eigenvalue weighted by molar-refractivity contribution is -0.102. The molecule has 2 fully saturated rings. The summed E-state index contributed by atoms with van der Waals surface area (Å²) in [7, 11) is 0. The van der Waals surface area contributed by atoms with Crippen LogP contribution in [-0.4, -0.2) is 22.1 Å². The van der Waals surface area contributed by atoms with Crippen molar-refractivity contribution < 1.29 is 13.9 Å². The zero-order chi connectivity index (χ0) is 19.0. The van der Waals surface area contributed by atoms with E-state index in [-0.39, 0.29) is 23.2 Å². The average Bonchev–Trinajstić information content (AvgIpc) is 2.65. The van der Waals surface area contributed by atoms with E-state index < -0.39 is 17.2 Å². The summed E-state index contributed by atoms with van der Waals surface area (Å²) in [5.41, 5.74) is -0.533. The fourth-order valence-electron chi connectivity index (χ4n) is 4.78. The van der Waals surface area contributed by atoms with Gasteiger partial charge in [0.1, 0.15) is 17.7 Å². The van der Waals surface area contributed by atoms with Crippen LogP contribution in [0.1, 0.15) is 48.8 Å². The molecule has 0 saturated carbocycles. The molecule has 4 rings (SSSR count). The van der Waals surface area contributed by atoms with Crippen LogP contribution in [0.2, 0.25) is 0 Å². The molecule has 0 aromatic heterocycles. The van der Waals surface area contributed by atoms with Gasteiger partial charge in [-0.2, -0.15) is 5.26 Å². The number of benzene rings is 2. The lowest BCUT2D eigenvalue weighted by Gasteiger charge is -2.52. The van der Waals surface area contributed by atoms with E-state index in [4.69, 9.17) is 5.26 Å². The average molecular weight is 368 g/mol. The van der Waals surface area contributed by atoms with Crippen LogP contribution >= 0.6 is 0 Å². The first kappa shape index (κ1) is 18.1. The SMILES string of the molecule is N#Cc1cc(F)c(C2(O)CC3CCCC(C2)N3Cc2ccccc2)cc1F.